The maximum atomic E-state index is 5.54. The standard InChI is InChI=1S/C10H20N2O/c11-4-7-12-5-1-10(2-6-12)3-8-13-9-10/h1-9,11H2. The van der Waals surface area contributed by atoms with Crippen LogP contribution in [-0.2, 0) is 4.74 Å². The van der Waals surface area contributed by atoms with Gasteiger partial charge in [-0.05, 0) is 37.8 Å². The Morgan fingerprint density at radius 2 is 2.00 bits per heavy atom. The van der Waals surface area contributed by atoms with Gasteiger partial charge in [-0.15, -0.1) is 0 Å². The highest BCUT2D eigenvalue weighted by Crippen LogP contribution is 2.38. The van der Waals surface area contributed by atoms with Crippen LogP contribution in [0.2, 0.25) is 0 Å². The summed E-state index contributed by atoms with van der Waals surface area (Å²) in [5, 5.41) is 0. The Morgan fingerprint density at radius 3 is 2.54 bits per heavy atom. The number of piperidine rings is 1. The highest BCUT2D eigenvalue weighted by Gasteiger charge is 2.37. The lowest BCUT2D eigenvalue weighted by atomic mass is 9.78. The van der Waals surface area contributed by atoms with Crippen molar-refractivity contribution >= 4 is 0 Å². The van der Waals surface area contributed by atoms with Crippen molar-refractivity contribution in [3.8, 4) is 0 Å². The fourth-order valence-electron chi connectivity index (χ4n) is 2.48. The molecule has 0 radical (unpaired) electrons. The molecule has 2 heterocycles. The molecule has 0 aromatic rings. The van der Waals surface area contributed by atoms with E-state index in [0.717, 1.165) is 26.3 Å². The van der Waals surface area contributed by atoms with E-state index >= 15 is 0 Å². The number of likely N-dealkylation sites (tertiary alicyclic amines) is 1. The van der Waals surface area contributed by atoms with Crippen molar-refractivity contribution in [1.82, 2.24) is 4.90 Å². The summed E-state index contributed by atoms with van der Waals surface area (Å²) in [5.41, 5.74) is 6.08. The average Bonchev–Trinajstić information content (AvgIpc) is 2.59. The van der Waals surface area contributed by atoms with Crippen LogP contribution in [0.1, 0.15) is 19.3 Å². The van der Waals surface area contributed by atoms with Gasteiger partial charge in [0.1, 0.15) is 0 Å². The fourth-order valence-corrected chi connectivity index (χ4v) is 2.48. The van der Waals surface area contributed by atoms with E-state index in [1.165, 1.54) is 32.4 Å². The summed E-state index contributed by atoms with van der Waals surface area (Å²) >= 11 is 0. The first-order chi connectivity index (χ1) is 6.35. The Labute approximate surface area is 80.2 Å². The van der Waals surface area contributed by atoms with Gasteiger partial charge in [0.05, 0.1) is 6.61 Å². The number of nitrogens with two attached hydrogens (primary N) is 1. The first-order valence-corrected chi connectivity index (χ1v) is 5.35. The number of hydrogen-bond acceptors (Lipinski definition) is 3. The molecule has 3 nitrogen and oxygen atoms in total. The molecule has 13 heavy (non-hydrogen) atoms. The number of nitrogens with zero attached hydrogens (tertiary/aromatic N) is 1. The van der Waals surface area contributed by atoms with E-state index < -0.39 is 0 Å². The van der Waals surface area contributed by atoms with Gasteiger partial charge in [-0.2, -0.15) is 0 Å². The lowest BCUT2D eigenvalue weighted by molar-refractivity contribution is 0.0822. The summed E-state index contributed by atoms with van der Waals surface area (Å²) in [6, 6.07) is 0. The van der Waals surface area contributed by atoms with E-state index in [4.69, 9.17) is 10.5 Å². The Morgan fingerprint density at radius 1 is 1.23 bits per heavy atom. The van der Waals surface area contributed by atoms with Crippen LogP contribution in [0, 0.1) is 5.41 Å². The Balaban J connectivity index is 1.81. The number of rotatable bonds is 2. The van der Waals surface area contributed by atoms with Gasteiger partial charge in [0.2, 0.25) is 0 Å². The molecule has 0 saturated carbocycles. The van der Waals surface area contributed by atoms with Gasteiger partial charge >= 0.3 is 0 Å². The molecule has 1 spiro atoms. The summed E-state index contributed by atoms with van der Waals surface area (Å²) in [6.07, 6.45) is 3.91. The smallest absolute Gasteiger partial charge is 0.0524 e. The molecule has 2 aliphatic heterocycles. The van der Waals surface area contributed by atoms with Crippen LogP contribution >= 0.6 is 0 Å². The highest BCUT2D eigenvalue weighted by atomic mass is 16.5. The van der Waals surface area contributed by atoms with E-state index in [1.807, 2.05) is 0 Å². The fraction of sp³-hybridized carbons (Fsp3) is 1.00. The quantitative estimate of drug-likeness (QED) is 0.677. The SMILES string of the molecule is NCCN1CCC2(CCOC2)CC1. The molecule has 2 saturated heterocycles. The topological polar surface area (TPSA) is 38.5 Å². The van der Waals surface area contributed by atoms with Gasteiger partial charge in [0.15, 0.2) is 0 Å². The highest BCUT2D eigenvalue weighted by molar-refractivity contribution is 4.88. The molecule has 0 bridgehead atoms. The molecule has 0 atom stereocenters. The maximum Gasteiger partial charge on any atom is 0.0524 e. The zero-order valence-electron chi connectivity index (χ0n) is 8.30. The first kappa shape index (κ1) is 9.44. The van der Waals surface area contributed by atoms with Crippen molar-refractivity contribution in [2.45, 2.75) is 19.3 Å². The predicted octanol–water partition coefficient (Wildman–Crippen LogP) is 0.448. The Kier molecular flexibility index (Phi) is 2.86. The van der Waals surface area contributed by atoms with Gasteiger partial charge in [0.25, 0.3) is 0 Å². The Hall–Kier alpha value is -0.120. The van der Waals surface area contributed by atoms with Crippen LogP contribution < -0.4 is 5.73 Å². The molecule has 76 valence electrons. The van der Waals surface area contributed by atoms with Crippen LogP contribution in [0.3, 0.4) is 0 Å². The minimum atomic E-state index is 0.547. The molecule has 0 aromatic heterocycles. The largest absolute Gasteiger partial charge is 0.381 e. The molecular formula is C10H20N2O. The van der Waals surface area contributed by atoms with Crippen LogP contribution in [0.25, 0.3) is 0 Å². The molecule has 0 amide bonds. The third-order valence-corrected chi connectivity index (χ3v) is 3.55. The van der Waals surface area contributed by atoms with Gasteiger partial charge in [-0.1, -0.05) is 0 Å². The van der Waals surface area contributed by atoms with Crippen molar-refractivity contribution in [1.29, 1.82) is 0 Å². The number of hydrogen-bond donors (Lipinski definition) is 1. The molecule has 2 fully saturated rings. The van der Waals surface area contributed by atoms with Crippen LogP contribution in [0.5, 0.6) is 0 Å². The van der Waals surface area contributed by atoms with Crippen molar-refractivity contribution in [2.24, 2.45) is 11.1 Å². The average molecular weight is 184 g/mol. The predicted molar refractivity (Wildman–Crippen MR) is 52.6 cm³/mol. The van der Waals surface area contributed by atoms with E-state index in [1.54, 1.807) is 0 Å². The minimum Gasteiger partial charge on any atom is -0.381 e. The molecule has 3 heteroatoms. The molecule has 0 aliphatic carbocycles. The van der Waals surface area contributed by atoms with Gasteiger partial charge in [-0.3, -0.25) is 0 Å². The second-order valence-corrected chi connectivity index (χ2v) is 4.43. The lowest BCUT2D eigenvalue weighted by Crippen LogP contribution is -2.42. The lowest BCUT2D eigenvalue weighted by Gasteiger charge is -2.38. The van der Waals surface area contributed by atoms with E-state index in [-0.39, 0.29) is 0 Å². The molecular weight excluding hydrogens is 164 g/mol. The van der Waals surface area contributed by atoms with Crippen molar-refractivity contribution in [2.75, 3.05) is 39.4 Å². The molecule has 0 unspecified atom stereocenters. The second kappa shape index (κ2) is 3.95. The third-order valence-electron chi connectivity index (χ3n) is 3.55. The van der Waals surface area contributed by atoms with Crippen molar-refractivity contribution in [3.63, 3.8) is 0 Å². The van der Waals surface area contributed by atoms with E-state index in [9.17, 15) is 0 Å². The Bertz CT molecular complexity index is 156. The molecule has 2 N–H and O–H groups in total. The molecule has 0 aromatic carbocycles. The van der Waals surface area contributed by atoms with E-state index in [2.05, 4.69) is 4.90 Å². The van der Waals surface area contributed by atoms with Gasteiger partial charge < -0.3 is 15.4 Å². The first-order valence-electron chi connectivity index (χ1n) is 5.35. The summed E-state index contributed by atoms with van der Waals surface area (Å²) in [4.78, 5) is 2.48. The summed E-state index contributed by atoms with van der Waals surface area (Å²) in [6.45, 7) is 6.29. The van der Waals surface area contributed by atoms with Crippen LogP contribution in [0.15, 0.2) is 0 Å². The molecule has 2 aliphatic rings. The van der Waals surface area contributed by atoms with Gasteiger partial charge in [-0.25, -0.2) is 0 Å². The van der Waals surface area contributed by atoms with Crippen LogP contribution in [-0.4, -0.2) is 44.3 Å². The van der Waals surface area contributed by atoms with Crippen LogP contribution in [0.4, 0.5) is 0 Å². The zero-order chi connectivity index (χ0) is 9.15. The summed E-state index contributed by atoms with van der Waals surface area (Å²) < 4.78 is 5.49. The van der Waals surface area contributed by atoms with Crippen molar-refractivity contribution < 1.29 is 4.74 Å². The zero-order valence-corrected chi connectivity index (χ0v) is 8.30. The summed E-state index contributed by atoms with van der Waals surface area (Å²) in [5.74, 6) is 0. The van der Waals surface area contributed by atoms with Crippen molar-refractivity contribution in [3.05, 3.63) is 0 Å². The maximum absolute atomic E-state index is 5.54. The van der Waals surface area contributed by atoms with Gasteiger partial charge in [0, 0.05) is 19.7 Å². The number of ether oxygens (including phenoxy) is 1. The molecule has 2 rings (SSSR count). The third kappa shape index (κ3) is 2.03. The van der Waals surface area contributed by atoms with E-state index in [0.29, 0.717) is 5.41 Å². The second-order valence-electron chi connectivity index (χ2n) is 4.43. The summed E-state index contributed by atoms with van der Waals surface area (Å²) in [7, 11) is 0. The normalized spacial score (nSPS) is 28.4. The minimum absolute atomic E-state index is 0.547. The monoisotopic (exact) mass is 184 g/mol.